The van der Waals surface area contributed by atoms with E-state index in [-0.39, 0.29) is 0 Å². The van der Waals surface area contributed by atoms with Gasteiger partial charge in [0, 0.05) is 24.0 Å². The second-order valence-corrected chi connectivity index (χ2v) is 4.11. The number of aromatic amines is 1. The fraction of sp³-hybridized carbons (Fsp3) is 0.167. The highest BCUT2D eigenvalue weighted by atomic mass is 15.2. The highest BCUT2D eigenvalue weighted by Crippen LogP contribution is 2.21. The van der Waals surface area contributed by atoms with Crippen LogP contribution >= 0.6 is 0 Å². The van der Waals surface area contributed by atoms with Crippen molar-refractivity contribution in [3.63, 3.8) is 0 Å². The first kappa shape index (κ1) is 11.4. The number of fused-ring (bicyclic) bond motifs is 1. The molecule has 2 aromatic heterocycles. The van der Waals surface area contributed by atoms with Crippen LogP contribution in [0.3, 0.4) is 0 Å². The molecule has 0 fully saturated rings. The first-order chi connectivity index (χ1) is 9.33. The molecule has 7 nitrogen and oxygen atoms in total. The molecule has 7 heteroatoms. The van der Waals surface area contributed by atoms with Crippen LogP contribution in [0.2, 0.25) is 0 Å². The molecular weight excluding hydrogens is 242 g/mol. The Kier molecular flexibility index (Phi) is 2.93. The van der Waals surface area contributed by atoms with E-state index >= 15 is 0 Å². The Morgan fingerprint density at radius 3 is 2.95 bits per heavy atom. The molecule has 0 aliphatic carbocycles. The second kappa shape index (κ2) is 4.89. The Balaban J connectivity index is 1.78. The summed E-state index contributed by atoms with van der Waals surface area (Å²) in [5.74, 6) is 1.61. The first-order valence-corrected chi connectivity index (χ1v) is 5.91. The van der Waals surface area contributed by atoms with Crippen molar-refractivity contribution >= 4 is 22.4 Å². The SMILES string of the molecule is Nc1ccc2ncnc(NCCc3ncn[nH]3)c2c1. The number of aromatic nitrogens is 5. The molecule has 1 aromatic carbocycles. The lowest BCUT2D eigenvalue weighted by molar-refractivity contribution is 0.897. The number of hydrogen-bond acceptors (Lipinski definition) is 6. The maximum Gasteiger partial charge on any atom is 0.137 e. The summed E-state index contributed by atoms with van der Waals surface area (Å²) in [6, 6.07) is 5.58. The van der Waals surface area contributed by atoms with Gasteiger partial charge in [-0.15, -0.1) is 0 Å². The number of H-pyrrole nitrogens is 1. The van der Waals surface area contributed by atoms with Crippen molar-refractivity contribution in [2.75, 3.05) is 17.6 Å². The zero-order chi connectivity index (χ0) is 13.1. The summed E-state index contributed by atoms with van der Waals surface area (Å²) in [7, 11) is 0. The van der Waals surface area contributed by atoms with Crippen LogP contribution in [0.25, 0.3) is 10.9 Å². The van der Waals surface area contributed by atoms with Gasteiger partial charge in [0.25, 0.3) is 0 Å². The van der Waals surface area contributed by atoms with E-state index in [9.17, 15) is 0 Å². The monoisotopic (exact) mass is 255 g/mol. The molecule has 0 saturated carbocycles. The molecular formula is C12H13N7. The lowest BCUT2D eigenvalue weighted by Gasteiger charge is -2.07. The molecule has 0 aliphatic rings. The Hall–Kier alpha value is -2.70. The molecule has 3 aromatic rings. The Bertz CT molecular complexity index is 678. The highest BCUT2D eigenvalue weighted by Gasteiger charge is 2.04. The summed E-state index contributed by atoms with van der Waals surface area (Å²) in [6.45, 7) is 0.704. The minimum absolute atomic E-state index is 0.695. The number of anilines is 2. The maximum absolute atomic E-state index is 5.79. The molecule has 0 atom stereocenters. The van der Waals surface area contributed by atoms with Gasteiger partial charge in [-0.25, -0.2) is 15.0 Å². The quantitative estimate of drug-likeness (QED) is 0.600. The van der Waals surface area contributed by atoms with E-state index in [1.165, 1.54) is 12.7 Å². The standard InChI is InChI=1S/C12H13N7/c13-8-1-2-10-9(5-8)12(17-6-15-10)14-4-3-11-16-7-18-19-11/h1-2,5-7H,3-4,13H2,(H,14,15,17)(H,16,18,19). The number of nitrogens with two attached hydrogens (primary N) is 1. The third-order valence-electron chi connectivity index (χ3n) is 2.78. The number of nitrogens with one attached hydrogen (secondary N) is 2. The lowest BCUT2D eigenvalue weighted by atomic mass is 10.2. The van der Waals surface area contributed by atoms with Crippen LogP contribution in [0.4, 0.5) is 11.5 Å². The van der Waals surface area contributed by atoms with Crippen molar-refractivity contribution in [2.45, 2.75) is 6.42 Å². The van der Waals surface area contributed by atoms with Gasteiger partial charge in [0.15, 0.2) is 0 Å². The van der Waals surface area contributed by atoms with E-state index in [0.29, 0.717) is 12.2 Å². The van der Waals surface area contributed by atoms with Crippen LogP contribution in [0.5, 0.6) is 0 Å². The number of hydrogen-bond donors (Lipinski definition) is 3. The van der Waals surface area contributed by atoms with Gasteiger partial charge in [0.05, 0.1) is 5.52 Å². The zero-order valence-electron chi connectivity index (χ0n) is 10.2. The number of rotatable bonds is 4. The molecule has 0 saturated heterocycles. The highest BCUT2D eigenvalue weighted by molar-refractivity contribution is 5.91. The van der Waals surface area contributed by atoms with Gasteiger partial charge < -0.3 is 11.1 Å². The van der Waals surface area contributed by atoms with Crippen molar-refractivity contribution in [3.05, 3.63) is 36.7 Å². The van der Waals surface area contributed by atoms with Gasteiger partial charge in [0.1, 0.15) is 24.3 Å². The Morgan fingerprint density at radius 2 is 2.11 bits per heavy atom. The molecule has 4 N–H and O–H groups in total. The van der Waals surface area contributed by atoms with E-state index in [1.54, 1.807) is 0 Å². The maximum atomic E-state index is 5.79. The van der Waals surface area contributed by atoms with Crippen LogP contribution in [0.15, 0.2) is 30.9 Å². The van der Waals surface area contributed by atoms with Crippen molar-refractivity contribution < 1.29 is 0 Å². The summed E-state index contributed by atoms with van der Waals surface area (Å²) < 4.78 is 0. The third-order valence-corrected chi connectivity index (χ3v) is 2.78. The molecule has 2 heterocycles. The van der Waals surface area contributed by atoms with Crippen LogP contribution in [0, 0.1) is 0 Å². The van der Waals surface area contributed by atoms with Gasteiger partial charge in [-0.05, 0) is 18.2 Å². The molecule has 0 amide bonds. The molecule has 0 radical (unpaired) electrons. The number of nitrogens with zero attached hydrogens (tertiary/aromatic N) is 4. The van der Waals surface area contributed by atoms with E-state index in [2.05, 4.69) is 30.5 Å². The van der Waals surface area contributed by atoms with Crippen molar-refractivity contribution in [2.24, 2.45) is 0 Å². The van der Waals surface area contributed by atoms with Gasteiger partial charge in [-0.1, -0.05) is 0 Å². The average Bonchev–Trinajstić information content (AvgIpc) is 2.92. The largest absolute Gasteiger partial charge is 0.399 e. The Labute approximate surface area is 109 Å². The second-order valence-electron chi connectivity index (χ2n) is 4.11. The Morgan fingerprint density at radius 1 is 1.16 bits per heavy atom. The molecule has 0 aliphatic heterocycles. The van der Waals surface area contributed by atoms with Crippen LogP contribution in [-0.4, -0.2) is 31.7 Å². The van der Waals surface area contributed by atoms with Crippen LogP contribution in [-0.2, 0) is 6.42 Å². The third kappa shape index (κ3) is 2.44. The fourth-order valence-electron chi connectivity index (χ4n) is 1.87. The topological polar surface area (TPSA) is 105 Å². The number of benzene rings is 1. The number of nitrogen functional groups attached to an aromatic ring is 1. The van der Waals surface area contributed by atoms with E-state index < -0.39 is 0 Å². The van der Waals surface area contributed by atoms with E-state index in [4.69, 9.17) is 5.73 Å². The van der Waals surface area contributed by atoms with Crippen molar-refractivity contribution in [3.8, 4) is 0 Å². The summed E-state index contributed by atoms with van der Waals surface area (Å²) >= 11 is 0. The average molecular weight is 255 g/mol. The fourth-order valence-corrected chi connectivity index (χ4v) is 1.87. The summed E-state index contributed by atoms with van der Waals surface area (Å²) in [5.41, 5.74) is 7.35. The predicted octanol–water partition coefficient (Wildman–Crippen LogP) is 0.985. The normalized spacial score (nSPS) is 10.7. The van der Waals surface area contributed by atoms with Crippen molar-refractivity contribution in [1.82, 2.24) is 25.1 Å². The van der Waals surface area contributed by atoms with Gasteiger partial charge in [0.2, 0.25) is 0 Å². The van der Waals surface area contributed by atoms with Gasteiger partial charge in [-0.2, -0.15) is 5.10 Å². The van der Waals surface area contributed by atoms with Crippen LogP contribution in [0.1, 0.15) is 5.82 Å². The minimum atomic E-state index is 0.695. The van der Waals surface area contributed by atoms with Gasteiger partial charge >= 0.3 is 0 Å². The zero-order valence-corrected chi connectivity index (χ0v) is 10.2. The summed E-state index contributed by atoms with van der Waals surface area (Å²) in [5, 5.41) is 10.8. The van der Waals surface area contributed by atoms with Crippen LogP contribution < -0.4 is 11.1 Å². The molecule has 3 rings (SSSR count). The molecule has 0 bridgehead atoms. The van der Waals surface area contributed by atoms with E-state index in [0.717, 1.165) is 29.0 Å². The molecule has 96 valence electrons. The molecule has 19 heavy (non-hydrogen) atoms. The molecule has 0 spiro atoms. The smallest absolute Gasteiger partial charge is 0.137 e. The van der Waals surface area contributed by atoms with Crippen molar-refractivity contribution in [1.29, 1.82) is 0 Å². The first-order valence-electron chi connectivity index (χ1n) is 5.91. The van der Waals surface area contributed by atoms with Gasteiger partial charge in [-0.3, -0.25) is 5.10 Å². The lowest BCUT2D eigenvalue weighted by Crippen LogP contribution is -2.08. The minimum Gasteiger partial charge on any atom is -0.399 e. The van der Waals surface area contributed by atoms with E-state index in [1.807, 2.05) is 18.2 Å². The predicted molar refractivity (Wildman–Crippen MR) is 72.5 cm³/mol. The molecule has 0 unspecified atom stereocenters. The summed E-state index contributed by atoms with van der Waals surface area (Å²) in [6.07, 6.45) is 3.78. The summed E-state index contributed by atoms with van der Waals surface area (Å²) in [4.78, 5) is 12.5.